The first-order valence-corrected chi connectivity index (χ1v) is 6.47. The molecule has 18 heavy (non-hydrogen) atoms. The van der Waals surface area contributed by atoms with Crippen LogP contribution >= 0.6 is 11.6 Å². The number of hydrogen-bond donors (Lipinski definition) is 0. The minimum atomic E-state index is -0.489. The monoisotopic (exact) mass is 269 g/mol. The van der Waals surface area contributed by atoms with E-state index in [1.807, 2.05) is 0 Å². The molecule has 2 atom stereocenters. The molecule has 1 aromatic heterocycles. The van der Waals surface area contributed by atoms with Crippen LogP contribution in [-0.4, -0.2) is 45.3 Å². The van der Waals surface area contributed by atoms with Gasteiger partial charge in [0.1, 0.15) is 11.5 Å². The van der Waals surface area contributed by atoms with Gasteiger partial charge in [0.05, 0.1) is 6.54 Å². The van der Waals surface area contributed by atoms with E-state index in [1.165, 1.54) is 0 Å². The molecule has 0 bridgehead atoms. The smallest absolute Gasteiger partial charge is 0.316 e. The highest BCUT2D eigenvalue weighted by atomic mass is 35.5. The molecule has 2 heterocycles. The zero-order valence-corrected chi connectivity index (χ0v) is 11.0. The molecular formula is C12H16ClN3O2. The summed E-state index contributed by atoms with van der Waals surface area (Å²) in [5.74, 6) is -0.0426. The molecule has 0 aromatic carbocycles. The molecule has 1 fully saturated rings. The van der Waals surface area contributed by atoms with Crippen LogP contribution in [0.5, 0.6) is 6.01 Å². The quantitative estimate of drug-likeness (QED) is 0.780. The molecule has 1 aliphatic heterocycles. The molecular weight excluding hydrogens is 254 g/mol. The van der Waals surface area contributed by atoms with Gasteiger partial charge in [-0.25, -0.2) is 9.97 Å². The van der Waals surface area contributed by atoms with E-state index in [4.69, 9.17) is 16.3 Å². The Bertz CT molecular complexity index is 400. The van der Waals surface area contributed by atoms with Crippen LogP contribution in [0.4, 0.5) is 0 Å². The Labute approximate surface area is 111 Å². The maximum atomic E-state index is 11.8. The van der Waals surface area contributed by atoms with Gasteiger partial charge in [-0.3, -0.25) is 4.79 Å². The van der Waals surface area contributed by atoms with Crippen molar-refractivity contribution in [2.75, 3.05) is 13.1 Å². The van der Waals surface area contributed by atoms with Gasteiger partial charge in [0.25, 0.3) is 0 Å². The fraction of sp³-hybridized carbons (Fsp3) is 0.583. The molecule has 2 unspecified atom stereocenters. The number of carbonyl (C=O) groups excluding carboxylic acids is 1. The summed E-state index contributed by atoms with van der Waals surface area (Å²) < 4.78 is 5.66. The Morgan fingerprint density at radius 3 is 2.94 bits per heavy atom. The van der Waals surface area contributed by atoms with Crippen LogP contribution in [0, 0.1) is 0 Å². The van der Waals surface area contributed by atoms with Crippen molar-refractivity contribution in [3.05, 3.63) is 18.5 Å². The molecule has 0 aliphatic carbocycles. The minimum Gasteiger partial charge on any atom is -0.458 e. The number of piperidine rings is 1. The van der Waals surface area contributed by atoms with Crippen LogP contribution in [0.25, 0.3) is 0 Å². The number of hydrogen-bond acceptors (Lipinski definition) is 4. The lowest BCUT2D eigenvalue weighted by atomic mass is 10.1. The molecule has 1 aromatic rings. The molecule has 2 rings (SSSR count). The minimum absolute atomic E-state index is 0.0426. The summed E-state index contributed by atoms with van der Waals surface area (Å²) in [7, 11) is 0. The van der Waals surface area contributed by atoms with Gasteiger partial charge in [0.15, 0.2) is 0 Å². The lowest BCUT2D eigenvalue weighted by Gasteiger charge is -2.32. The van der Waals surface area contributed by atoms with Gasteiger partial charge in [-0.15, -0.1) is 11.6 Å². The third kappa shape index (κ3) is 3.32. The first-order chi connectivity index (χ1) is 8.66. The summed E-state index contributed by atoms with van der Waals surface area (Å²) in [6.45, 7) is 2.98. The molecule has 1 aliphatic rings. The predicted octanol–water partition coefficient (Wildman–Crippen LogP) is 1.47. The van der Waals surface area contributed by atoms with Crippen LogP contribution in [0.2, 0.25) is 0 Å². The number of rotatable bonds is 3. The Kier molecular flexibility index (Phi) is 4.36. The van der Waals surface area contributed by atoms with E-state index in [0.29, 0.717) is 12.6 Å². The maximum absolute atomic E-state index is 11.8. The Hall–Kier alpha value is -1.36. The Morgan fingerprint density at radius 2 is 2.28 bits per heavy atom. The lowest BCUT2D eigenvalue weighted by Crippen LogP contribution is -2.46. The fourth-order valence-corrected chi connectivity index (χ4v) is 2.12. The maximum Gasteiger partial charge on any atom is 0.316 e. The second-order valence-electron chi connectivity index (χ2n) is 4.31. The highest BCUT2D eigenvalue weighted by molar-refractivity contribution is 6.30. The van der Waals surface area contributed by atoms with Gasteiger partial charge in [0.2, 0.25) is 5.91 Å². The first-order valence-electron chi connectivity index (χ1n) is 6.03. The lowest BCUT2D eigenvalue weighted by molar-refractivity contribution is -0.133. The van der Waals surface area contributed by atoms with E-state index >= 15 is 0 Å². The van der Waals surface area contributed by atoms with E-state index in [9.17, 15) is 4.79 Å². The topological polar surface area (TPSA) is 55.3 Å². The van der Waals surface area contributed by atoms with Gasteiger partial charge in [-0.1, -0.05) is 0 Å². The van der Waals surface area contributed by atoms with Crippen LogP contribution in [-0.2, 0) is 4.79 Å². The van der Waals surface area contributed by atoms with Crippen molar-refractivity contribution in [1.29, 1.82) is 0 Å². The molecule has 0 N–H and O–H groups in total. The van der Waals surface area contributed by atoms with Crippen molar-refractivity contribution >= 4 is 17.5 Å². The molecule has 0 spiro atoms. The van der Waals surface area contributed by atoms with Crippen molar-refractivity contribution < 1.29 is 9.53 Å². The molecule has 0 radical (unpaired) electrons. The molecule has 0 saturated carbocycles. The third-order valence-corrected chi connectivity index (χ3v) is 3.03. The number of amides is 1. The number of likely N-dealkylation sites (tertiary alicyclic amines) is 1. The van der Waals surface area contributed by atoms with Gasteiger partial charge >= 0.3 is 6.01 Å². The molecule has 1 amide bonds. The predicted molar refractivity (Wildman–Crippen MR) is 67.6 cm³/mol. The molecule has 6 heteroatoms. The van der Waals surface area contributed by atoms with Crippen LogP contribution in [0.1, 0.15) is 19.8 Å². The summed E-state index contributed by atoms with van der Waals surface area (Å²) in [6, 6.07) is 2.09. The highest BCUT2D eigenvalue weighted by Crippen LogP contribution is 2.16. The van der Waals surface area contributed by atoms with Crippen LogP contribution in [0.3, 0.4) is 0 Å². The summed E-state index contributed by atoms with van der Waals surface area (Å²) in [6.07, 6.45) is 5.02. The summed E-state index contributed by atoms with van der Waals surface area (Å²) in [5, 5.41) is -0.489. The zero-order chi connectivity index (χ0) is 13.0. The Balaban J connectivity index is 1.93. The van der Waals surface area contributed by atoms with Gasteiger partial charge in [-0.05, 0) is 25.8 Å². The van der Waals surface area contributed by atoms with Gasteiger partial charge in [0, 0.05) is 18.9 Å². The average molecular weight is 270 g/mol. The van der Waals surface area contributed by atoms with Crippen molar-refractivity contribution in [2.45, 2.75) is 31.2 Å². The summed E-state index contributed by atoms with van der Waals surface area (Å²) in [5.41, 5.74) is 0. The van der Waals surface area contributed by atoms with E-state index in [2.05, 4.69) is 9.97 Å². The van der Waals surface area contributed by atoms with E-state index in [0.717, 1.165) is 19.4 Å². The number of carbonyl (C=O) groups is 1. The normalized spacial score (nSPS) is 21.4. The highest BCUT2D eigenvalue weighted by Gasteiger charge is 2.27. The first kappa shape index (κ1) is 13.1. The number of aromatic nitrogens is 2. The SMILES string of the molecule is CC(Cl)C(=O)N1CCCC(Oc2ncccn2)C1. The van der Waals surface area contributed by atoms with Crippen molar-refractivity contribution in [1.82, 2.24) is 14.9 Å². The fourth-order valence-electron chi connectivity index (χ4n) is 1.98. The van der Waals surface area contributed by atoms with Crippen LogP contribution in [0.15, 0.2) is 18.5 Å². The van der Waals surface area contributed by atoms with Gasteiger partial charge in [-0.2, -0.15) is 0 Å². The second kappa shape index (κ2) is 6.00. The van der Waals surface area contributed by atoms with Gasteiger partial charge < -0.3 is 9.64 Å². The molecule has 98 valence electrons. The number of halogens is 1. The van der Waals surface area contributed by atoms with E-state index in [1.54, 1.807) is 30.3 Å². The van der Waals surface area contributed by atoms with Crippen molar-refractivity contribution in [3.63, 3.8) is 0 Å². The number of ether oxygens (including phenoxy) is 1. The standard InChI is InChI=1S/C12H16ClN3O2/c1-9(13)11(17)16-7-2-4-10(8-16)18-12-14-5-3-6-15-12/h3,5-6,9-10H,2,4,7-8H2,1H3. The Morgan fingerprint density at radius 1 is 1.56 bits per heavy atom. The van der Waals surface area contributed by atoms with Crippen molar-refractivity contribution in [3.8, 4) is 6.01 Å². The molecule has 5 nitrogen and oxygen atoms in total. The summed E-state index contributed by atoms with van der Waals surface area (Å²) >= 11 is 5.81. The zero-order valence-electron chi connectivity index (χ0n) is 10.3. The number of alkyl halides is 1. The third-order valence-electron chi connectivity index (χ3n) is 2.84. The number of nitrogens with zero attached hydrogens (tertiary/aromatic N) is 3. The van der Waals surface area contributed by atoms with Crippen LogP contribution < -0.4 is 4.74 Å². The summed E-state index contributed by atoms with van der Waals surface area (Å²) in [4.78, 5) is 21.6. The van der Waals surface area contributed by atoms with E-state index < -0.39 is 5.38 Å². The largest absolute Gasteiger partial charge is 0.458 e. The average Bonchev–Trinajstić information content (AvgIpc) is 2.39. The second-order valence-corrected chi connectivity index (χ2v) is 4.97. The van der Waals surface area contributed by atoms with Crippen molar-refractivity contribution in [2.24, 2.45) is 0 Å². The van der Waals surface area contributed by atoms with E-state index in [-0.39, 0.29) is 12.0 Å². The molecule has 1 saturated heterocycles.